The summed E-state index contributed by atoms with van der Waals surface area (Å²) in [7, 11) is 0. The van der Waals surface area contributed by atoms with E-state index in [1.54, 1.807) is 0 Å². The van der Waals surface area contributed by atoms with E-state index in [4.69, 9.17) is 0 Å². The van der Waals surface area contributed by atoms with E-state index in [9.17, 15) is 14.7 Å². The lowest BCUT2D eigenvalue weighted by Gasteiger charge is -2.36. The minimum atomic E-state index is -0.792. The molecular weight excluding hydrogens is 280 g/mol. The van der Waals surface area contributed by atoms with E-state index >= 15 is 0 Å². The Kier molecular flexibility index (Phi) is 6.76. The van der Waals surface area contributed by atoms with Crippen molar-refractivity contribution in [3.63, 3.8) is 0 Å². The highest BCUT2D eigenvalue weighted by Crippen LogP contribution is 2.19. The molecule has 6 heteroatoms. The van der Waals surface area contributed by atoms with Crippen molar-refractivity contribution in [2.45, 2.75) is 45.1 Å². The second-order valence-electron chi connectivity index (χ2n) is 5.88. The fourth-order valence-electron chi connectivity index (χ4n) is 2.99. The standard InChI is InChI=1S/C14H24N2O3.ClH/c1-11-5-8-15(9-6-11)13(17)10-16-7-3-2-4-12(16)14(18)19;/h11-12H,2-10H2,1H3,(H,18,19);1H. The molecule has 0 aromatic carbocycles. The van der Waals surface area contributed by atoms with Crippen LogP contribution in [0.4, 0.5) is 0 Å². The number of hydrogen-bond donors (Lipinski definition) is 1. The lowest BCUT2D eigenvalue weighted by atomic mass is 9.99. The number of carbonyl (C=O) groups is 2. The molecule has 0 aromatic rings. The highest BCUT2D eigenvalue weighted by Gasteiger charge is 2.31. The molecule has 1 amide bonds. The summed E-state index contributed by atoms with van der Waals surface area (Å²) < 4.78 is 0. The number of carbonyl (C=O) groups excluding carboxylic acids is 1. The van der Waals surface area contributed by atoms with Crippen LogP contribution in [0.15, 0.2) is 0 Å². The van der Waals surface area contributed by atoms with Crippen LogP contribution >= 0.6 is 12.4 Å². The Labute approximate surface area is 126 Å². The number of nitrogens with zero attached hydrogens (tertiary/aromatic N) is 2. The number of carboxylic acids is 1. The zero-order chi connectivity index (χ0) is 13.8. The van der Waals surface area contributed by atoms with Gasteiger partial charge in [-0.2, -0.15) is 0 Å². The summed E-state index contributed by atoms with van der Waals surface area (Å²) in [5.74, 6) is 0.00520. The first-order valence-electron chi connectivity index (χ1n) is 7.32. The summed E-state index contributed by atoms with van der Waals surface area (Å²) in [6, 6.07) is -0.471. The Balaban J connectivity index is 0.00000200. The molecule has 2 aliphatic rings. The molecule has 0 spiro atoms. The average Bonchev–Trinajstić information content (AvgIpc) is 2.39. The molecule has 0 radical (unpaired) electrons. The third-order valence-corrected chi connectivity index (χ3v) is 4.37. The van der Waals surface area contributed by atoms with E-state index in [0.717, 1.165) is 45.3 Å². The third-order valence-electron chi connectivity index (χ3n) is 4.37. The Hall–Kier alpha value is -0.810. The Morgan fingerprint density at radius 1 is 1.10 bits per heavy atom. The number of carboxylic acid groups (broad SMARTS) is 1. The zero-order valence-corrected chi connectivity index (χ0v) is 12.9. The van der Waals surface area contributed by atoms with E-state index in [-0.39, 0.29) is 24.9 Å². The van der Waals surface area contributed by atoms with Crippen LogP contribution in [0.5, 0.6) is 0 Å². The largest absolute Gasteiger partial charge is 0.480 e. The number of aliphatic carboxylic acids is 1. The quantitative estimate of drug-likeness (QED) is 0.860. The van der Waals surface area contributed by atoms with Gasteiger partial charge in [0.15, 0.2) is 0 Å². The summed E-state index contributed by atoms with van der Waals surface area (Å²) in [6.45, 7) is 4.86. The number of halogens is 1. The van der Waals surface area contributed by atoms with Gasteiger partial charge in [-0.25, -0.2) is 0 Å². The van der Waals surface area contributed by atoms with Gasteiger partial charge < -0.3 is 10.0 Å². The molecule has 1 unspecified atom stereocenters. The summed E-state index contributed by atoms with van der Waals surface area (Å²) >= 11 is 0. The number of hydrogen-bond acceptors (Lipinski definition) is 3. The van der Waals surface area contributed by atoms with Crippen molar-refractivity contribution in [1.29, 1.82) is 0 Å². The van der Waals surface area contributed by atoms with E-state index < -0.39 is 12.0 Å². The zero-order valence-electron chi connectivity index (χ0n) is 12.1. The molecule has 116 valence electrons. The molecule has 0 aliphatic carbocycles. The summed E-state index contributed by atoms with van der Waals surface area (Å²) in [4.78, 5) is 27.2. The topological polar surface area (TPSA) is 60.9 Å². The molecule has 0 saturated carbocycles. The van der Waals surface area contributed by atoms with Crippen LogP contribution in [0.2, 0.25) is 0 Å². The van der Waals surface area contributed by atoms with Crippen LogP contribution in [-0.2, 0) is 9.59 Å². The van der Waals surface area contributed by atoms with E-state index in [1.165, 1.54) is 0 Å². The van der Waals surface area contributed by atoms with Crippen LogP contribution in [0.25, 0.3) is 0 Å². The maximum atomic E-state index is 12.2. The number of piperidine rings is 2. The van der Waals surface area contributed by atoms with Gasteiger partial charge >= 0.3 is 5.97 Å². The van der Waals surface area contributed by atoms with Gasteiger partial charge in [0.25, 0.3) is 0 Å². The fraction of sp³-hybridized carbons (Fsp3) is 0.857. The van der Waals surface area contributed by atoms with Gasteiger partial charge in [-0.15, -0.1) is 12.4 Å². The minimum absolute atomic E-state index is 0. The summed E-state index contributed by atoms with van der Waals surface area (Å²) in [5.41, 5.74) is 0. The maximum Gasteiger partial charge on any atom is 0.320 e. The first kappa shape index (κ1) is 17.2. The molecular formula is C14H25ClN2O3. The predicted molar refractivity (Wildman–Crippen MR) is 79.1 cm³/mol. The van der Waals surface area contributed by atoms with Crippen LogP contribution in [-0.4, -0.2) is 59.0 Å². The molecule has 0 bridgehead atoms. The van der Waals surface area contributed by atoms with Gasteiger partial charge in [-0.1, -0.05) is 13.3 Å². The second-order valence-corrected chi connectivity index (χ2v) is 5.88. The van der Waals surface area contributed by atoms with Crippen molar-refractivity contribution in [2.24, 2.45) is 5.92 Å². The fourth-order valence-corrected chi connectivity index (χ4v) is 2.99. The van der Waals surface area contributed by atoms with Crippen molar-refractivity contribution in [2.75, 3.05) is 26.2 Å². The molecule has 2 fully saturated rings. The van der Waals surface area contributed by atoms with Gasteiger partial charge in [0.1, 0.15) is 6.04 Å². The normalized spacial score (nSPS) is 25.1. The van der Waals surface area contributed by atoms with Crippen LogP contribution in [0.3, 0.4) is 0 Å². The van der Waals surface area contributed by atoms with Gasteiger partial charge in [-0.05, 0) is 38.1 Å². The number of amides is 1. The molecule has 2 heterocycles. The molecule has 2 rings (SSSR count). The van der Waals surface area contributed by atoms with Crippen LogP contribution < -0.4 is 0 Å². The van der Waals surface area contributed by atoms with Crippen molar-refractivity contribution in [1.82, 2.24) is 9.80 Å². The Morgan fingerprint density at radius 2 is 1.75 bits per heavy atom. The Morgan fingerprint density at radius 3 is 2.35 bits per heavy atom. The van der Waals surface area contributed by atoms with E-state index in [1.807, 2.05) is 9.80 Å². The molecule has 0 aromatic heterocycles. The summed E-state index contributed by atoms with van der Waals surface area (Å²) in [5, 5.41) is 9.20. The molecule has 2 saturated heterocycles. The monoisotopic (exact) mass is 304 g/mol. The summed E-state index contributed by atoms with van der Waals surface area (Å²) in [6.07, 6.45) is 4.73. The van der Waals surface area contributed by atoms with Gasteiger partial charge in [0.2, 0.25) is 5.91 Å². The molecule has 1 N–H and O–H groups in total. The van der Waals surface area contributed by atoms with E-state index in [2.05, 4.69) is 6.92 Å². The van der Waals surface area contributed by atoms with Crippen molar-refractivity contribution < 1.29 is 14.7 Å². The molecule has 1 atom stereocenters. The molecule has 20 heavy (non-hydrogen) atoms. The highest BCUT2D eigenvalue weighted by atomic mass is 35.5. The first-order valence-corrected chi connectivity index (χ1v) is 7.32. The predicted octanol–water partition coefficient (Wildman–Crippen LogP) is 1.61. The smallest absolute Gasteiger partial charge is 0.320 e. The van der Waals surface area contributed by atoms with Crippen molar-refractivity contribution in [3.8, 4) is 0 Å². The minimum Gasteiger partial charge on any atom is -0.480 e. The lowest BCUT2D eigenvalue weighted by molar-refractivity contribution is -0.146. The van der Waals surface area contributed by atoms with Crippen molar-refractivity contribution in [3.05, 3.63) is 0 Å². The third kappa shape index (κ3) is 4.35. The lowest BCUT2D eigenvalue weighted by Crippen LogP contribution is -2.50. The van der Waals surface area contributed by atoms with Crippen molar-refractivity contribution >= 4 is 24.3 Å². The number of likely N-dealkylation sites (tertiary alicyclic amines) is 2. The molecule has 5 nitrogen and oxygen atoms in total. The van der Waals surface area contributed by atoms with E-state index in [0.29, 0.717) is 12.3 Å². The van der Waals surface area contributed by atoms with Crippen LogP contribution in [0, 0.1) is 5.92 Å². The van der Waals surface area contributed by atoms with Gasteiger partial charge in [0, 0.05) is 13.1 Å². The second kappa shape index (κ2) is 7.84. The number of rotatable bonds is 3. The SMILES string of the molecule is CC1CCN(C(=O)CN2CCCCC2C(=O)O)CC1.Cl. The first-order chi connectivity index (χ1) is 9.08. The molecule has 2 aliphatic heterocycles. The van der Waals surface area contributed by atoms with Gasteiger partial charge in [0.05, 0.1) is 6.54 Å². The maximum absolute atomic E-state index is 12.2. The Bertz CT molecular complexity index is 343. The highest BCUT2D eigenvalue weighted by molar-refractivity contribution is 5.85. The average molecular weight is 305 g/mol. The van der Waals surface area contributed by atoms with Gasteiger partial charge in [-0.3, -0.25) is 14.5 Å². The van der Waals surface area contributed by atoms with Crippen LogP contribution in [0.1, 0.15) is 39.0 Å².